The Morgan fingerprint density at radius 1 is 0.850 bits per heavy atom. The van der Waals surface area contributed by atoms with Gasteiger partial charge in [0, 0.05) is 17.9 Å². The summed E-state index contributed by atoms with van der Waals surface area (Å²) < 4.78 is 5.21. The van der Waals surface area contributed by atoms with Gasteiger partial charge in [-0.25, -0.2) is 10.6 Å². The second-order valence-electron chi connectivity index (χ2n) is 10.8. The number of hydrazine groups is 1. The van der Waals surface area contributed by atoms with Gasteiger partial charge >= 0.3 is 6.09 Å². The Morgan fingerprint density at radius 3 is 1.95 bits per heavy atom. The number of nitrogens with one attached hydrogen (secondary N) is 3. The number of alkyl carbamates (subject to hydrolysis) is 1. The zero-order valence-corrected chi connectivity index (χ0v) is 25.5. The molecular formula is C29H53N5O5S. The first-order valence-corrected chi connectivity index (χ1v) is 14.4. The molecule has 0 bridgehead atoms. The van der Waals surface area contributed by atoms with Gasteiger partial charge in [-0.3, -0.25) is 19.8 Å². The normalized spacial score (nSPS) is 13.3. The van der Waals surface area contributed by atoms with E-state index in [0.29, 0.717) is 5.75 Å². The lowest BCUT2D eigenvalue weighted by atomic mass is 10.1. The Bertz CT molecular complexity index is 905. The van der Waals surface area contributed by atoms with Crippen LogP contribution in [0.15, 0.2) is 34.9 Å². The number of primary amides is 1. The highest BCUT2D eigenvalue weighted by atomic mass is 32.2. The molecule has 0 saturated heterocycles. The van der Waals surface area contributed by atoms with Crippen LogP contribution in [0.5, 0.6) is 0 Å². The maximum Gasteiger partial charge on any atom is 0.408 e. The molecule has 0 fully saturated rings. The number of nitrogens with two attached hydrogens (primary N) is 2. The molecule has 7 N–H and O–H groups in total. The van der Waals surface area contributed by atoms with Crippen LogP contribution in [0, 0.1) is 0 Å². The van der Waals surface area contributed by atoms with E-state index in [0.717, 1.165) is 25.7 Å². The van der Waals surface area contributed by atoms with E-state index in [9.17, 15) is 19.2 Å². The van der Waals surface area contributed by atoms with Gasteiger partial charge in [0.1, 0.15) is 17.7 Å². The van der Waals surface area contributed by atoms with Crippen molar-refractivity contribution in [2.45, 2.75) is 112 Å². The molecule has 2 atom stereocenters. The fraction of sp³-hybridized carbons (Fsp3) is 0.655. The predicted molar refractivity (Wildman–Crippen MR) is 165 cm³/mol. The van der Waals surface area contributed by atoms with Gasteiger partial charge in [0.25, 0.3) is 5.91 Å². The zero-order valence-electron chi connectivity index (χ0n) is 24.6. The maximum absolute atomic E-state index is 12.9. The van der Waals surface area contributed by atoms with Gasteiger partial charge in [0.15, 0.2) is 0 Å². The fourth-order valence-corrected chi connectivity index (χ4v) is 4.30. The maximum atomic E-state index is 12.9. The molecule has 0 spiro atoms. The minimum atomic E-state index is -1.12. The number of amides is 4. The molecule has 0 unspecified atom stereocenters. The number of hydrogen-bond acceptors (Lipinski definition) is 7. The van der Waals surface area contributed by atoms with Crippen molar-refractivity contribution in [3.8, 4) is 0 Å². The summed E-state index contributed by atoms with van der Waals surface area (Å²) in [5.74, 6) is 4.39. The highest BCUT2D eigenvalue weighted by molar-refractivity contribution is 7.99. The third-order valence-corrected chi connectivity index (χ3v) is 6.39. The number of rotatable bonds is 17. The first kappa shape index (κ1) is 39.4. The molecule has 4 amide bonds. The van der Waals surface area contributed by atoms with Crippen molar-refractivity contribution < 1.29 is 23.9 Å². The Balaban J connectivity index is 0. The molecule has 0 aliphatic carbocycles. The summed E-state index contributed by atoms with van der Waals surface area (Å²) in [7, 11) is 0. The smallest absolute Gasteiger partial charge is 0.408 e. The van der Waals surface area contributed by atoms with Gasteiger partial charge in [-0.15, -0.1) is 0 Å². The van der Waals surface area contributed by atoms with Crippen molar-refractivity contribution in [1.82, 2.24) is 16.1 Å². The van der Waals surface area contributed by atoms with Crippen LogP contribution in [0.2, 0.25) is 0 Å². The average Bonchev–Trinajstić information content (AvgIpc) is 2.81. The van der Waals surface area contributed by atoms with E-state index in [1.54, 1.807) is 20.8 Å². The van der Waals surface area contributed by atoms with Crippen molar-refractivity contribution >= 4 is 35.6 Å². The summed E-state index contributed by atoms with van der Waals surface area (Å²) in [6.45, 7) is 13.5. The van der Waals surface area contributed by atoms with Crippen molar-refractivity contribution in [3.63, 3.8) is 0 Å². The molecule has 0 aliphatic heterocycles. The van der Waals surface area contributed by atoms with Gasteiger partial charge in [-0.1, -0.05) is 42.4 Å². The van der Waals surface area contributed by atoms with Crippen LogP contribution in [0.3, 0.4) is 0 Å². The molecular weight excluding hydrogens is 530 g/mol. The number of carbonyl (C=O) groups excluding carboxylic acids is 4. The van der Waals surface area contributed by atoms with Crippen LogP contribution >= 0.6 is 11.8 Å². The lowest BCUT2D eigenvalue weighted by Crippen LogP contribution is -2.56. The first-order valence-electron chi connectivity index (χ1n) is 13.3. The van der Waals surface area contributed by atoms with Crippen LogP contribution in [-0.4, -0.2) is 53.0 Å². The summed E-state index contributed by atoms with van der Waals surface area (Å²) in [6, 6.07) is -2.06. The predicted octanol–water partition coefficient (Wildman–Crippen LogP) is 4.41. The Labute approximate surface area is 245 Å². The molecule has 0 aromatic carbocycles. The van der Waals surface area contributed by atoms with E-state index in [1.165, 1.54) is 28.5 Å². The summed E-state index contributed by atoms with van der Waals surface area (Å²) >= 11 is 1.47. The van der Waals surface area contributed by atoms with Crippen LogP contribution in [-0.2, 0) is 19.1 Å². The average molecular weight is 584 g/mol. The number of allylic oxidation sites excluding steroid dienone is 5. The molecule has 0 radical (unpaired) electrons. The van der Waals surface area contributed by atoms with E-state index < -0.39 is 41.5 Å². The largest absolute Gasteiger partial charge is 0.444 e. The van der Waals surface area contributed by atoms with E-state index >= 15 is 0 Å². The monoisotopic (exact) mass is 583 g/mol. The highest BCUT2D eigenvalue weighted by Crippen LogP contribution is 2.13. The highest BCUT2D eigenvalue weighted by Gasteiger charge is 2.28. The molecule has 0 aromatic rings. The SMILES string of the molecule is C.CC(C)=CCC/C(C)=C/CC/C(C)=C/CSC[C@H](NC(=O)[C@@H](CCC(N)=O)NC(=O)OC(C)(C)C)C(=O)NN. The number of carbonyl (C=O) groups is 4. The lowest BCUT2D eigenvalue weighted by Gasteiger charge is -2.24. The van der Waals surface area contributed by atoms with Crippen molar-refractivity contribution in [2.24, 2.45) is 11.6 Å². The Hall–Kier alpha value is -2.79. The molecule has 0 heterocycles. The molecule has 11 heteroatoms. The molecule has 0 saturated carbocycles. The van der Waals surface area contributed by atoms with Crippen LogP contribution in [0.25, 0.3) is 0 Å². The summed E-state index contributed by atoms with van der Waals surface area (Å²) in [4.78, 5) is 48.7. The number of thioether (sulfide) groups is 1. The van der Waals surface area contributed by atoms with E-state index in [1.807, 2.05) is 0 Å². The van der Waals surface area contributed by atoms with Gasteiger partial charge in [0.05, 0.1) is 0 Å². The minimum Gasteiger partial charge on any atom is -0.444 e. The first-order chi connectivity index (χ1) is 18.1. The van der Waals surface area contributed by atoms with Crippen molar-refractivity contribution in [3.05, 3.63) is 34.9 Å². The summed E-state index contributed by atoms with van der Waals surface area (Å²) in [6.07, 6.45) is 9.68. The molecule has 0 rings (SSSR count). The molecule has 0 aromatic heterocycles. The summed E-state index contributed by atoms with van der Waals surface area (Å²) in [5, 5.41) is 5.06. The minimum absolute atomic E-state index is 0. The van der Waals surface area contributed by atoms with E-state index in [4.69, 9.17) is 16.3 Å². The van der Waals surface area contributed by atoms with Gasteiger partial charge in [-0.2, -0.15) is 11.8 Å². The second kappa shape index (κ2) is 21.0. The molecule has 230 valence electrons. The second-order valence-corrected chi connectivity index (χ2v) is 11.8. The fourth-order valence-electron chi connectivity index (χ4n) is 3.29. The topological polar surface area (TPSA) is 166 Å². The number of ether oxygens (including phenoxy) is 1. The van der Waals surface area contributed by atoms with Gasteiger partial charge < -0.3 is 21.1 Å². The van der Waals surface area contributed by atoms with Crippen molar-refractivity contribution in [2.75, 3.05) is 11.5 Å². The molecule has 40 heavy (non-hydrogen) atoms. The van der Waals surface area contributed by atoms with E-state index in [-0.39, 0.29) is 26.0 Å². The third kappa shape index (κ3) is 21.1. The van der Waals surface area contributed by atoms with Crippen molar-refractivity contribution in [1.29, 1.82) is 0 Å². The Kier molecular flexibility index (Phi) is 20.7. The quantitative estimate of drug-likeness (QED) is 0.0556. The lowest BCUT2D eigenvalue weighted by molar-refractivity contribution is -0.129. The van der Waals surface area contributed by atoms with E-state index in [2.05, 4.69) is 62.0 Å². The standard InChI is InChI=1S/C28H49N5O5S.CH4/c1-19(2)10-8-11-20(3)12-9-13-21(4)16-17-39-18-23(26(36)33-30)31-25(35)22(14-15-24(29)34)32-27(37)38-28(5,6)7;/h10,12,16,22-23H,8-9,11,13-15,17-18,30H2,1-7H3,(H2,29,34)(H,31,35)(H,32,37)(H,33,36);1H4/b20-12+,21-16+;/t22-,23+;/m1./s1. The zero-order chi connectivity index (χ0) is 30.0. The van der Waals surface area contributed by atoms with Crippen LogP contribution < -0.4 is 27.6 Å². The molecule has 0 aliphatic rings. The van der Waals surface area contributed by atoms with Gasteiger partial charge in [-0.05, 0) is 80.6 Å². The summed E-state index contributed by atoms with van der Waals surface area (Å²) in [5.41, 5.74) is 10.5. The Morgan fingerprint density at radius 2 is 1.43 bits per heavy atom. The van der Waals surface area contributed by atoms with Gasteiger partial charge in [0.2, 0.25) is 11.8 Å². The molecule has 10 nitrogen and oxygen atoms in total. The number of hydrogen-bond donors (Lipinski definition) is 5. The van der Waals surface area contributed by atoms with Crippen LogP contribution in [0.4, 0.5) is 4.79 Å². The van der Waals surface area contributed by atoms with Crippen LogP contribution in [0.1, 0.15) is 94.4 Å². The third-order valence-electron chi connectivity index (χ3n) is 5.42.